The van der Waals surface area contributed by atoms with Gasteiger partial charge in [0.1, 0.15) is 23.5 Å². The number of aryl methyl sites for hydroxylation is 1. The zero-order chi connectivity index (χ0) is 25.1. The topological polar surface area (TPSA) is 109 Å². The molecule has 3 aliphatic heterocycles. The van der Waals surface area contributed by atoms with Crippen LogP contribution in [-0.4, -0.2) is 59.6 Å². The maximum absolute atomic E-state index is 13.8. The number of fused-ring (bicyclic) bond motifs is 2. The Labute approximate surface area is 212 Å². The van der Waals surface area contributed by atoms with Crippen molar-refractivity contribution in [2.24, 2.45) is 0 Å². The van der Waals surface area contributed by atoms with E-state index in [-0.39, 0.29) is 10.0 Å². The molecule has 3 aromatic rings. The number of methoxy groups -OCH3 is 1. The zero-order valence-electron chi connectivity index (χ0n) is 19.6. The van der Waals surface area contributed by atoms with Gasteiger partial charge in [0.25, 0.3) is 10.0 Å². The van der Waals surface area contributed by atoms with Gasteiger partial charge in [-0.05, 0) is 55.2 Å². The highest BCUT2D eigenvalue weighted by molar-refractivity contribution is 8.15. The van der Waals surface area contributed by atoms with Gasteiger partial charge < -0.3 is 19.8 Å². The van der Waals surface area contributed by atoms with E-state index in [0.29, 0.717) is 36.2 Å². The maximum Gasteiger partial charge on any atom is 0.268 e. The second kappa shape index (κ2) is 7.16. The number of aliphatic hydroxyl groups excluding tert-OH is 2. The number of carbonyl (C=O) groups excluding carboxylic acids is 1. The Morgan fingerprint density at radius 3 is 2.67 bits per heavy atom. The SMILES string of the molecule is COc1cc2c3c4c(cn(S(=O)(=O)c5ccc(C)cc5)c14)CCN3[C@@H]1C[C@]23SC(=O)C=C3[C@@H](O)[C@H]1O. The van der Waals surface area contributed by atoms with E-state index in [1.165, 1.54) is 17.2 Å². The van der Waals surface area contributed by atoms with Gasteiger partial charge in [-0.2, -0.15) is 0 Å². The molecular formula is C26H24N2O6S2. The molecule has 4 heterocycles. The predicted octanol–water partition coefficient (Wildman–Crippen LogP) is 2.46. The molecule has 1 aliphatic carbocycles. The van der Waals surface area contributed by atoms with Crippen LogP contribution in [0.1, 0.15) is 23.1 Å². The predicted molar refractivity (Wildman–Crippen MR) is 136 cm³/mol. The van der Waals surface area contributed by atoms with Crippen molar-refractivity contribution in [1.29, 1.82) is 0 Å². The Morgan fingerprint density at radius 1 is 1.19 bits per heavy atom. The smallest absolute Gasteiger partial charge is 0.268 e. The molecule has 4 aliphatic rings. The Morgan fingerprint density at radius 2 is 1.94 bits per heavy atom. The first kappa shape index (κ1) is 22.4. The Balaban J connectivity index is 1.56. The van der Waals surface area contributed by atoms with Gasteiger partial charge in [-0.3, -0.25) is 4.79 Å². The highest BCUT2D eigenvalue weighted by Gasteiger charge is 2.60. The number of rotatable bonds is 3. The van der Waals surface area contributed by atoms with Gasteiger partial charge in [0.15, 0.2) is 0 Å². The third kappa shape index (κ3) is 2.62. The molecule has 1 saturated carbocycles. The molecule has 2 N–H and O–H groups in total. The largest absolute Gasteiger partial charge is 0.494 e. The number of hydrogen-bond acceptors (Lipinski definition) is 8. The van der Waals surface area contributed by atoms with E-state index in [1.54, 1.807) is 30.5 Å². The number of ether oxygens (including phenoxy) is 1. The summed E-state index contributed by atoms with van der Waals surface area (Å²) in [6, 6.07) is 8.17. The van der Waals surface area contributed by atoms with Crippen LogP contribution in [0.5, 0.6) is 5.75 Å². The molecule has 2 aromatic carbocycles. The molecule has 36 heavy (non-hydrogen) atoms. The van der Waals surface area contributed by atoms with Crippen molar-refractivity contribution in [1.82, 2.24) is 3.97 Å². The highest BCUT2D eigenvalue weighted by atomic mass is 32.2. The van der Waals surface area contributed by atoms with Crippen LogP contribution in [0.3, 0.4) is 0 Å². The number of thioether (sulfide) groups is 1. The van der Waals surface area contributed by atoms with Crippen molar-refractivity contribution in [2.75, 3.05) is 18.6 Å². The van der Waals surface area contributed by atoms with Crippen molar-refractivity contribution in [3.05, 3.63) is 64.9 Å². The fourth-order valence-electron chi connectivity index (χ4n) is 6.49. The third-order valence-electron chi connectivity index (χ3n) is 8.14. The summed E-state index contributed by atoms with van der Waals surface area (Å²) >= 11 is 1.16. The minimum atomic E-state index is -3.92. The second-order valence-electron chi connectivity index (χ2n) is 9.96. The van der Waals surface area contributed by atoms with Crippen LogP contribution in [0, 0.1) is 6.92 Å². The first-order valence-corrected chi connectivity index (χ1v) is 14.1. The van der Waals surface area contributed by atoms with E-state index in [2.05, 4.69) is 4.90 Å². The molecule has 2 bridgehead atoms. The molecule has 10 heteroatoms. The molecular weight excluding hydrogens is 500 g/mol. The van der Waals surface area contributed by atoms with Gasteiger partial charge in [0.2, 0.25) is 5.12 Å². The Kier molecular flexibility index (Phi) is 4.46. The van der Waals surface area contributed by atoms with Gasteiger partial charge in [0.05, 0.1) is 28.5 Å². The average Bonchev–Trinajstić information content (AvgIpc) is 3.42. The molecule has 0 amide bonds. The summed E-state index contributed by atoms with van der Waals surface area (Å²) in [6.45, 7) is 2.47. The molecule has 0 unspecified atom stereocenters. The summed E-state index contributed by atoms with van der Waals surface area (Å²) in [4.78, 5) is 14.9. The lowest BCUT2D eigenvalue weighted by Gasteiger charge is -2.55. The minimum absolute atomic E-state index is 0.160. The van der Waals surface area contributed by atoms with Crippen LogP contribution in [0.25, 0.3) is 10.9 Å². The molecule has 1 aromatic heterocycles. The number of hydrogen-bond donors (Lipinski definition) is 2. The maximum atomic E-state index is 13.8. The summed E-state index contributed by atoms with van der Waals surface area (Å²) in [7, 11) is -2.41. The molecule has 186 valence electrons. The van der Waals surface area contributed by atoms with E-state index in [9.17, 15) is 23.4 Å². The van der Waals surface area contributed by atoms with E-state index < -0.39 is 33.0 Å². The summed E-state index contributed by atoms with van der Waals surface area (Å²) in [6.07, 6.45) is 1.98. The van der Waals surface area contributed by atoms with E-state index in [1.807, 2.05) is 13.0 Å². The van der Waals surface area contributed by atoms with Crippen LogP contribution >= 0.6 is 11.8 Å². The van der Waals surface area contributed by atoms with Crippen LogP contribution < -0.4 is 9.64 Å². The number of anilines is 1. The van der Waals surface area contributed by atoms with E-state index in [4.69, 9.17) is 4.74 Å². The summed E-state index contributed by atoms with van der Waals surface area (Å²) in [5, 5.41) is 22.7. The molecule has 0 radical (unpaired) electrons. The normalized spacial score (nSPS) is 28.3. The van der Waals surface area contributed by atoms with Crippen LogP contribution in [0.2, 0.25) is 0 Å². The van der Waals surface area contributed by atoms with Crippen molar-refractivity contribution >= 4 is 43.5 Å². The monoisotopic (exact) mass is 524 g/mol. The lowest BCUT2D eigenvalue weighted by atomic mass is 9.68. The number of aromatic nitrogens is 1. The molecule has 1 fully saturated rings. The lowest BCUT2D eigenvalue weighted by molar-refractivity contribution is -0.106. The Bertz CT molecular complexity index is 1620. The van der Waals surface area contributed by atoms with Gasteiger partial charge in [-0.25, -0.2) is 12.4 Å². The van der Waals surface area contributed by atoms with E-state index >= 15 is 0 Å². The summed E-state index contributed by atoms with van der Waals surface area (Å²) < 4.78 is 33.9. The average molecular weight is 525 g/mol. The van der Waals surface area contributed by atoms with Gasteiger partial charge in [-0.15, -0.1) is 0 Å². The standard InChI is InChI=1S/C26H24N2O6S2/c1-13-3-5-15(6-4-13)36(32,33)28-12-14-7-8-27-18-11-26(17(10-20(29)35-26)24(30)25(18)31)16-9-19(34-2)23(28)21(14)22(16)27/h3-6,9-10,12,18,24-25,30-31H,7-8,11H2,1-2H3/t18-,24-,25+,26+/m1/s1. The first-order chi connectivity index (χ1) is 17.2. The van der Waals surface area contributed by atoms with Crippen molar-refractivity contribution in [2.45, 2.75) is 47.7 Å². The number of carbonyl (C=O) groups is 1. The van der Waals surface area contributed by atoms with Crippen molar-refractivity contribution < 1.29 is 28.2 Å². The first-order valence-electron chi connectivity index (χ1n) is 11.8. The quantitative estimate of drug-likeness (QED) is 0.538. The Hall–Kier alpha value is -2.79. The van der Waals surface area contributed by atoms with E-state index in [0.717, 1.165) is 39.5 Å². The molecule has 4 atom stereocenters. The molecule has 8 nitrogen and oxygen atoms in total. The number of aliphatic hydroxyl groups is 2. The highest BCUT2D eigenvalue weighted by Crippen LogP contribution is 2.64. The second-order valence-corrected chi connectivity index (χ2v) is 13.1. The number of benzene rings is 2. The van der Waals surface area contributed by atoms with Gasteiger partial charge in [0, 0.05) is 23.7 Å². The number of nitrogens with zero attached hydrogens (tertiary/aromatic N) is 2. The fraction of sp³-hybridized carbons (Fsp3) is 0.346. The van der Waals surface area contributed by atoms with Crippen molar-refractivity contribution in [3.63, 3.8) is 0 Å². The van der Waals surface area contributed by atoms with Gasteiger partial charge in [-0.1, -0.05) is 29.5 Å². The van der Waals surface area contributed by atoms with Crippen molar-refractivity contribution in [3.8, 4) is 5.75 Å². The summed E-state index contributed by atoms with van der Waals surface area (Å²) in [5.41, 5.74) is 4.44. The molecule has 1 spiro atoms. The lowest BCUT2D eigenvalue weighted by Crippen LogP contribution is -2.61. The molecule has 0 saturated heterocycles. The fourth-order valence-corrected chi connectivity index (χ4v) is 9.23. The van der Waals surface area contributed by atoms with Crippen LogP contribution in [0.15, 0.2) is 53.1 Å². The van der Waals surface area contributed by atoms with Crippen LogP contribution in [-0.2, 0) is 26.0 Å². The molecule has 7 rings (SSSR count). The minimum Gasteiger partial charge on any atom is -0.494 e. The zero-order valence-corrected chi connectivity index (χ0v) is 21.3. The third-order valence-corrected chi connectivity index (χ3v) is 11.1. The summed E-state index contributed by atoms with van der Waals surface area (Å²) in [5.74, 6) is 0.389. The van der Waals surface area contributed by atoms with Gasteiger partial charge >= 0.3 is 0 Å². The van der Waals surface area contributed by atoms with Crippen LogP contribution in [0.4, 0.5) is 5.69 Å².